The van der Waals surface area contributed by atoms with Crippen molar-refractivity contribution in [1.82, 2.24) is 19.6 Å². The van der Waals surface area contributed by atoms with Crippen LogP contribution in [0.3, 0.4) is 0 Å². The number of benzene rings is 2. The molecule has 0 radical (unpaired) electrons. The molecule has 1 saturated carbocycles. The van der Waals surface area contributed by atoms with Crippen molar-refractivity contribution < 1.29 is 17.9 Å². The maximum absolute atomic E-state index is 13.4. The summed E-state index contributed by atoms with van der Waals surface area (Å²) in [5.74, 6) is 0.840. The van der Waals surface area contributed by atoms with Gasteiger partial charge in [0.1, 0.15) is 17.6 Å². The minimum atomic E-state index is -3.68. The van der Waals surface area contributed by atoms with Gasteiger partial charge < -0.3 is 14.6 Å². The van der Waals surface area contributed by atoms with Crippen molar-refractivity contribution >= 4 is 15.9 Å². The van der Waals surface area contributed by atoms with Gasteiger partial charge in [-0.1, -0.05) is 24.3 Å². The Balaban J connectivity index is 1.70. The Morgan fingerprint density at radius 3 is 2.62 bits per heavy atom. The van der Waals surface area contributed by atoms with Crippen LogP contribution in [0.4, 0.5) is 0 Å². The molecule has 0 aliphatic heterocycles. The SMILES string of the molecule is COc1ccccc1C(NC(=O)c1cc(S(=O)(=O)NC2CC2)ccc1C)c1nccn1C. The molecule has 0 bridgehead atoms. The highest BCUT2D eigenvalue weighted by Gasteiger charge is 2.29. The lowest BCUT2D eigenvalue weighted by Gasteiger charge is -2.22. The number of carbonyl (C=O) groups is 1. The van der Waals surface area contributed by atoms with Crippen LogP contribution in [0, 0.1) is 6.92 Å². The Bertz CT molecular complexity index is 1250. The number of rotatable bonds is 8. The highest BCUT2D eigenvalue weighted by atomic mass is 32.2. The summed E-state index contributed by atoms with van der Waals surface area (Å²) in [4.78, 5) is 17.9. The second kappa shape index (κ2) is 8.76. The number of ether oxygens (including phenoxy) is 1. The maximum atomic E-state index is 13.4. The number of para-hydroxylation sites is 1. The zero-order chi connectivity index (χ0) is 22.9. The first-order chi connectivity index (χ1) is 15.3. The average Bonchev–Trinajstić information content (AvgIpc) is 3.48. The number of amides is 1. The van der Waals surface area contributed by atoms with Gasteiger partial charge in [0.25, 0.3) is 5.91 Å². The van der Waals surface area contributed by atoms with Crippen LogP contribution in [-0.4, -0.2) is 37.0 Å². The van der Waals surface area contributed by atoms with Crippen molar-refractivity contribution in [2.75, 3.05) is 7.11 Å². The second-order valence-electron chi connectivity index (χ2n) is 7.92. The molecule has 1 fully saturated rings. The molecule has 1 atom stereocenters. The van der Waals surface area contributed by atoms with Gasteiger partial charge in [-0.2, -0.15) is 0 Å². The summed E-state index contributed by atoms with van der Waals surface area (Å²) < 4.78 is 35.3. The zero-order valence-corrected chi connectivity index (χ0v) is 19.0. The molecule has 1 aliphatic carbocycles. The number of aromatic nitrogens is 2. The topological polar surface area (TPSA) is 102 Å². The van der Waals surface area contributed by atoms with E-state index in [4.69, 9.17) is 4.74 Å². The molecule has 8 nitrogen and oxygen atoms in total. The van der Waals surface area contributed by atoms with Crippen LogP contribution >= 0.6 is 0 Å². The van der Waals surface area contributed by atoms with Crippen LogP contribution in [-0.2, 0) is 17.1 Å². The molecule has 168 valence electrons. The maximum Gasteiger partial charge on any atom is 0.252 e. The molecule has 3 aromatic rings. The second-order valence-corrected chi connectivity index (χ2v) is 9.63. The van der Waals surface area contributed by atoms with Gasteiger partial charge in [0.05, 0.1) is 12.0 Å². The van der Waals surface area contributed by atoms with Crippen molar-refractivity contribution in [1.29, 1.82) is 0 Å². The lowest BCUT2D eigenvalue weighted by atomic mass is 10.0. The van der Waals surface area contributed by atoms with Crippen molar-refractivity contribution in [3.05, 3.63) is 77.4 Å². The molecular formula is C23H26N4O4S. The normalized spacial score (nSPS) is 14.7. The van der Waals surface area contributed by atoms with Crippen molar-refractivity contribution in [2.45, 2.75) is 36.7 Å². The third-order valence-electron chi connectivity index (χ3n) is 5.51. The van der Waals surface area contributed by atoms with Crippen LogP contribution in [0.2, 0.25) is 0 Å². The standard InChI is InChI=1S/C23H26N4O4S/c1-15-8-11-17(32(29,30)26-16-9-10-16)14-19(15)23(28)25-21(22-24-12-13-27(22)2)18-6-4-5-7-20(18)31-3/h4-8,11-14,16,21,26H,9-10H2,1-3H3,(H,25,28). The first-order valence-electron chi connectivity index (χ1n) is 10.3. The van der Waals surface area contributed by atoms with Crippen LogP contribution in [0.25, 0.3) is 0 Å². The summed E-state index contributed by atoms with van der Waals surface area (Å²) in [5.41, 5.74) is 1.71. The van der Waals surface area contributed by atoms with E-state index in [0.29, 0.717) is 17.1 Å². The van der Waals surface area contributed by atoms with Gasteiger partial charge in [0.15, 0.2) is 0 Å². The van der Waals surface area contributed by atoms with Gasteiger partial charge in [-0.05, 0) is 43.5 Å². The van der Waals surface area contributed by atoms with Gasteiger partial charge in [0, 0.05) is 36.6 Å². The molecule has 9 heteroatoms. The summed E-state index contributed by atoms with van der Waals surface area (Å²) >= 11 is 0. The first kappa shape index (κ1) is 22.0. The van der Waals surface area contributed by atoms with E-state index in [2.05, 4.69) is 15.0 Å². The van der Waals surface area contributed by atoms with Gasteiger partial charge in [0.2, 0.25) is 10.0 Å². The molecule has 0 spiro atoms. The summed E-state index contributed by atoms with van der Waals surface area (Å²) in [7, 11) is -0.260. The molecule has 0 saturated heterocycles. The van der Waals surface area contributed by atoms with Gasteiger partial charge in [-0.15, -0.1) is 0 Å². The highest BCUT2D eigenvalue weighted by Crippen LogP contribution is 2.30. The number of nitrogens with zero attached hydrogens (tertiary/aromatic N) is 2. The van der Waals surface area contributed by atoms with Gasteiger partial charge in [-0.3, -0.25) is 4.79 Å². The fraction of sp³-hybridized carbons (Fsp3) is 0.304. The third kappa shape index (κ3) is 4.53. The largest absolute Gasteiger partial charge is 0.496 e. The number of sulfonamides is 1. The van der Waals surface area contributed by atoms with E-state index < -0.39 is 22.0 Å². The fourth-order valence-electron chi connectivity index (χ4n) is 3.55. The summed E-state index contributed by atoms with van der Waals surface area (Å²) in [6, 6.07) is 11.4. The lowest BCUT2D eigenvalue weighted by Crippen LogP contribution is -2.32. The molecule has 1 heterocycles. The highest BCUT2D eigenvalue weighted by molar-refractivity contribution is 7.89. The Kier molecular flexibility index (Phi) is 6.03. The average molecular weight is 455 g/mol. The van der Waals surface area contributed by atoms with Crippen LogP contribution in [0.1, 0.15) is 46.2 Å². The van der Waals surface area contributed by atoms with Crippen LogP contribution < -0.4 is 14.8 Å². The van der Waals surface area contributed by atoms with Crippen LogP contribution in [0.5, 0.6) is 5.75 Å². The number of hydrogen-bond acceptors (Lipinski definition) is 5. The van der Waals surface area contributed by atoms with Gasteiger partial charge >= 0.3 is 0 Å². The van der Waals surface area contributed by atoms with Crippen molar-refractivity contribution in [2.24, 2.45) is 7.05 Å². The Hall–Kier alpha value is -3.17. The first-order valence-corrected chi connectivity index (χ1v) is 11.8. The molecule has 2 aromatic carbocycles. The quantitative estimate of drug-likeness (QED) is 0.545. The van der Waals surface area contributed by atoms with E-state index in [1.807, 2.05) is 35.9 Å². The Morgan fingerprint density at radius 2 is 1.97 bits per heavy atom. The predicted octanol–water partition coefficient (Wildman–Crippen LogP) is 2.70. The van der Waals surface area contributed by atoms with Crippen molar-refractivity contribution in [3.8, 4) is 5.75 Å². The number of hydrogen-bond donors (Lipinski definition) is 2. The number of aryl methyl sites for hydroxylation is 2. The summed E-state index contributed by atoms with van der Waals surface area (Å²) in [6.45, 7) is 1.78. The minimum absolute atomic E-state index is 0.0167. The zero-order valence-electron chi connectivity index (χ0n) is 18.2. The van der Waals surface area contributed by atoms with E-state index in [9.17, 15) is 13.2 Å². The monoisotopic (exact) mass is 454 g/mol. The van der Waals surface area contributed by atoms with Crippen molar-refractivity contribution in [3.63, 3.8) is 0 Å². The van der Waals surface area contributed by atoms with E-state index in [-0.39, 0.29) is 16.5 Å². The number of nitrogens with one attached hydrogen (secondary N) is 2. The van der Waals surface area contributed by atoms with Crippen LogP contribution in [0.15, 0.2) is 59.8 Å². The van der Waals surface area contributed by atoms with Gasteiger partial charge in [-0.25, -0.2) is 18.1 Å². The van der Waals surface area contributed by atoms with E-state index >= 15 is 0 Å². The Morgan fingerprint density at radius 1 is 1.22 bits per heavy atom. The third-order valence-corrected chi connectivity index (χ3v) is 7.02. The molecule has 4 rings (SSSR count). The smallest absolute Gasteiger partial charge is 0.252 e. The minimum Gasteiger partial charge on any atom is -0.496 e. The molecule has 32 heavy (non-hydrogen) atoms. The lowest BCUT2D eigenvalue weighted by molar-refractivity contribution is 0.0940. The van der Waals surface area contributed by atoms with E-state index in [1.165, 1.54) is 12.1 Å². The molecule has 1 aromatic heterocycles. The number of methoxy groups -OCH3 is 1. The van der Waals surface area contributed by atoms with E-state index in [1.54, 1.807) is 32.5 Å². The molecular weight excluding hydrogens is 428 g/mol. The van der Waals surface area contributed by atoms with E-state index in [0.717, 1.165) is 18.4 Å². The molecule has 1 amide bonds. The number of carbonyl (C=O) groups excluding carboxylic acids is 1. The molecule has 1 aliphatic rings. The molecule has 2 N–H and O–H groups in total. The Labute approximate surface area is 187 Å². The number of imidazole rings is 1. The predicted molar refractivity (Wildman–Crippen MR) is 120 cm³/mol. The summed E-state index contributed by atoms with van der Waals surface area (Å²) in [6.07, 6.45) is 5.13. The fourth-order valence-corrected chi connectivity index (χ4v) is 4.88. The molecule has 1 unspecified atom stereocenters. The summed E-state index contributed by atoms with van der Waals surface area (Å²) in [5, 5.41) is 3.02.